The summed E-state index contributed by atoms with van der Waals surface area (Å²) in [4.78, 5) is 2.50. The van der Waals surface area contributed by atoms with E-state index in [1.165, 1.54) is 56.3 Å². The van der Waals surface area contributed by atoms with Gasteiger partial charge in [-0.2, -0.15) is 0 Å². The molecule has 1 fully saturated rings. The molecule has 1 aliphatic carbocycles. The maximum Gasteiger partial charge on any atom is 0.0412 e. The normalized spacial score (nSPS) is 20.1. The average molecular weight is 258 g/mol. The van der Waals surface area contributed by atoms with Crippen LogP contribution in [-0.4, -0.2) is 20.1 Å². The van der Waals surface area contributed by atoms with Gasteiger partial charge in [-0.1, -0.05) is 31.4 Å². The monoisotopic (exact) mass is 258 g/mol. The summed E-state index contributed by atoms with van der Waals surface area (Å²) in [7, 11) is 2.28. The van der Waals surface area contributed by atoms with E-state index in [9.17, 15) is 0 Å². The molecule has 0 spiro atoms. The minimum absolute atomic E-state index is 0.908. The minimum Gasteiger partial charge on any atom is -0.374 e. The molecule has 1 aromatic rings. The van der Waals surface area contributed by atoms with Gasteiger partial charge in [-0.3, -0.25) is 0 Å². The summed E-state index contributed by atoms with van der Waals surface area (Å²) >= 11 is 0. The molecule has 0 unspecified atom stereocenters. The maximum absolute atomic E-state index is 3.51. The second-order valence-corrected chi connectivity index (χ2v) is 6.23. The van der Waals surface area contributed by atoms with Gasteiger partial charge in [-0.25, -0.2) is 0 Å². The Kier molecular flexibility index (Phi) is 4.07. The van der Waals surface area contributed by atoms with Crippen molar-refractivity contribution in [2.24, 2.45) is 5.92 Å². The van der Waals surface area contributed by atoms with Crippen molar-refractivity contribution in [3.63, 3.8) is 0 Å². The van der Waals surface area contributed by atoms with Crippen molar-refractivity contribution < 1.29 is 0 Å². The third-order valence-electron chi connectivity index (χ3n) is 4.79. The summed E-state index contributed by atoms with van der Waals surface area (Å²) in [5.41, 5.74) is 4.54. The Morgan fingerprint density at radius 2 is 2.05 bits per heavy atom. The molecule has 2 heteroatoms. The Morgan fingerprint density at radius 1 is 1.21 bits per heavy atom. The fourth-order valence-corrected chi connectivity index (χ4v) is 3.71. The molecule has 0 bridgehead atoms. The van der Waals surface area contributed by atoms with Gasteiger partial charge in [0, 0.05) is 25.8 Å². The lowest BCUT2D eigenvalue weighted by molar-refractivity contribution is 0.362. The van der Waals surface area contributed by atoms with Gasteiger partial charge >= 0.3 is 0 Å². The van der Waals surface area contributed by atoms with Gasteiger partial charge < -0.3 is 10.2 Å². The van der Waals surface area contributed by atoms with E-state index in [2.05, 4.69) is 35.5 Å². The van der Waals surface area contributed by atoms with E-state index < -0.39 is 0 Å². The molecule has 0 atom stereocenters. The van der Waals surface area contributed by atoms with Gasteiger partial charge in [0.25, 0.3) is 0 Å². The van der Waals surface area contributed by atoms with Crippen LogP contribution in [0.25, 0.3) is 0 Å². The highest BCUT2D eigenvalue weighted by Crippen LogP contribution is 2.29. The first-order chi connectivity index (χ1) is 9.34. The van der Waals surface area contributed by atoms with E-state index in [1.807, 2.05) is 0 Å². The third-order valence-corrected chi connectivity index (χ3v) is 4.79. The van der Waals surface area contributed by atoms with Crippen molar-refractivity contribution >= 4 is 5.69 Å². The molecule has 1 saturated carbocycles. The van der Waals surface area contributed by atoms with Crippen molar-refractivity contribution in [2.45, 2.75) is 45.1 Å². The van der Waals surface area contributed by atoms with E-state index in [1.54, 1.807) is 5.56 Å². The number of rotatable bonds is 3. The van der Waals surface area contributed by atoms with Gasteiger partial charge in [0.2, 0.25) is 0 Å². The van der Waals surface area contributed by atoms with E-state index >= 15 is 0 Å². The van der Waals surface area contributed by atoms with Crippen LogP contribution in [0.3, 0.4) is 0 Å². The molecule has 1 aromatic carbocycles. The van der Waals surface area contributed by atoms with Crippen LogP contribution in [0.15, 0.2) is 18.2 Å². The molecule has 19 heavy (non-hydrogen) atoms. The first-order valence-corrected chi connectivity index (χ1v) is 7.87. The lowest BCUT2D eigenvalue weighted by Crippen LogP contribution is -2.30. The molecule has 104 valence electrons. The first-order valence-electron chi connectivity index (χ1n) is 7.87. The molecule has 0 saturated heterocycles. The topological polar surface area (TPSA) is 15.3 Å². The largest absolute Gasteiger partial charge is 0.374 e. The highest BCUT2D eigenvalue weighted by molar-refractivity contribution is 5.57. The predicted octanol–water partition coefficient (Wildman–Crippen LogP) is 3.35. The first kappa shape index (κ1) is 13.0. The zero-order chi connectivity index (χ0) is 13.1. The summed E-state index contributed by atoms with van der Waals surface area (Å²) in [5.74, 6) is 0.908. The maximum atomic E-state index is 3.51. The van der Waals surface area contributed by atoms with Gasteiger partial charge in [0.1, 0.15) is 0 Å². The van der Waals surface area contributed by atoms with Gasteiger partial charge in [-0.15, -0.1) is 0 Å². The fourth-order valence-electron chi connectivity index (χ4n) is 3.71. The van der Waals surface area contributed by atoms with Crippen LogP contribution >= 0.6 is 0 Å². The summed E-state index contributed by atoms with van der Waals surface area (Å²) in [6.07, 6.45) is 8.36. The summed E-state index contributed by atoms with van der Waals surface area (Å²) in [6.45, 7) is 3.40. The average Bonchev–Trinajstić information content (AvgIpc) is 2.47. The second-order valence-electron chi connectivity index (χ2n) is 6.23. The van der Waals surface area contributed by atoms with Crippen molar-refractivity contribution in [2.75, 3.05) is 25.0 Å². The SMILES string of the molecule is CN(CC1CCCCC1)c1cccc2c1CNCC2. The molecule has 3 rings (SSSR count). The van der Waals surface area contributed by atoms with Crippen molar-refractivity contribution in [3.05, 3.63) is 29.3 Å². The van der Waals surface area contributed by atoms with E-state index in [4.69, 9.17) is 0 Å². The zero-order valence-electron chi connectivity index (χ0n) is 12.1. The van der Waals surface area contributed by atoms with Crippen molar-refractivity contribution in [1.82, 2.24) is 5.32 Å². The molecular weight excluding hydrogens is 232 g/mol. The Morgan fingerprint density at radius 3 is 2.89 bits per heavy atom. The number of hydrogen-bond donors (Lipinski definition) is 1. The zero-order valence-corrected chi connectivity index (χ0v) is 12.1. The van der Waals surface area contributed by atoms with Crippen LogP contribution < -0.4 is 10.2 Å². The fraction of sp³-hybridized carbons (Fsp3) is 0.647. The quantitative estimate of drug-likeness (QED) is 0.894. The van der Waals surface area contributed by atoms with E-state index in [0.29, 0.717) is 0 Å². The number of anilines is 1. The smallest absolute Gasteiger partial charge is 0.0412 e. The molecular formula is C17H26N2. The molecule has 1 N–H and O–H groups in total. The van der Waals surface area contributed by atoms with Crippen LogP contribution in [0.4, 0.5) is 5.69 Å². The molecule has 2 nitrogen and oxygen atoms in total. The molecule has 0 aromatic heterocycles. The second kappa shape index (κ2) is 5.96. The number of benzene rings is 1. The number of nitrogens with one attached hydrogen (secondary N) is 1. The van der Waals surface area contributed by atoms with Crippen LogP contribution in [-0.2, 0) is 13.0 Å². The van der Waals surface area contributed by atoms with Crippen LogP contribution in [0.1, 0.15) is 43.2 Å². The Balaban J connectivity index is 1.73. The van der Waals surface area contributed by atoms with Crippen molar-refractivity contribution in [1.29, 1.82) is 0 Å². The van der Waals surface area contributed by atoms with E-state index in [-0.39, 0.29) is 0 Å². The van der Waals surface area contributed by atoms with Crippen LogP contribution in [0.2, 0.25) is 0 Å². The van der Waals surface area contributed by atoms with E-state index in [0.717, 1.165) is 19.0 Å². The Bertz CT molecular complexity index is 421. The molecule has 0 amide bonds. The van der Waals surface area contributed by atoms with Gasteiger partial charge in [-0.05, 0) is 48.9 Å². The Labute approximate surface area is 117 Å². The third kappa shape index (κ3) is 2.94. The summed E-state index contributed by atoms with van der Waals surface area (Å²) in [6, 6.07) is 6.83. The van der Waals surface area contributed by atoms with Crippen LogP contribution in [0.5, 0.6) is 0 Å². The van der Waals surface area contributed by atoms with Gasteiger partial charge in [0.15, 0.2) is 0 Å². The molecule has 1 aliphatic heterocycles. The van der Waals surface area contributed by atoms with Crippen LogP contribution in [0, 0.1) is 5.92 Å². The highest BCUT2D eigenvalue weighted by atomic mass is 15.1. The minimum atomic E-state index is 0.908. The predicted molar refractivity (Wildman–Crippen MR) is 81.7 cm³/mol. The lowest BCUT2D eigenvalue weighted by Gasteiger charge is -2.31. The summed E-state index contributed by atoms with van der Waals surface area (Å²) < 4.78 is 0. The number of nitrogens with zero attached hydrogens (tertiary/aromatic N) is 1. The Hall–Kier alpha value is -1.02. The number of fused-ring (bicyclic) bond motifs is 1. The lowest BCUT2D eigenvalue weighted by atomic mass is 9.88. The molecule has 0 radical (unpaired) electrons. The number of hydrogen-bond acceptors (Lipinski definition) is 2. The highest BCUT2D eigenvalue weighted by Gasteiger charge is 2.19. The van der Waals surface area contributed by atoms with Gasteiger partial charge in [0.05, 0.1) is 0 Å². The summed E-state index contributed by atoms with van der Waals surface area (Å²) in [5, 5.41) is 3.51. The molecule has 2 aliphatic rings. The standard InChI is InChI=1S/C17H26N2/c1-19(13-14-6-3-2-4-7-14)17-9-5-8-15-10-11-18-12-16(15)17/h5,8-9,14,18H,2-4,6-7,10-13H2,1H3. The van der Waals surface area contributed by atoms with Crippen molar-refractivity contribution in [3.8, 4) is 0 Å². The molecule has 1 heterocycles.